The average molecular weight is 325 g/mol. The quantitative estimate of drug-likeness (QED) is 0.861. The summed E-state index contributed by atoms with van der Waals surface area (Å²) < 4.78 is 10.7. The van der Waals surface area contributed by atoms with Crippen LogP contribution in [0.15, 0.2) is 42.5 Å². The van der Waals surface area contributed by atoms with Crippen molar-refractivity contribution in [3.05, 3.63) is 53.6 Å². The van der Waals surface area contributed by atoms with Gasteiger partial charge >= 0.3 is 0 Å². The second kappa shape index (κ2) is 6.95. The number of carbonyl (C=O) groups excluding carboxylic acids is 1. The Morgan fingerprint density at radius 2 is 1.83 bits per heavy atom. The van der Waals surface area contributed by atoms with Gasteiger partial charge in [-0.05, 0) is 24.6 Å². The number of nitrogens with zero attached hydrogens (tertiary/aromatic N) is 1. The zero-order valence-electron chi connectivity index (χ0n) is 14.4. The van der Waals surface area contributed by atoms with Crippen LogP contribution in [0.1, 0.15) is 23.5 Å². The van der Waals surface area contributed by atoms with E-state index in [1.165, 1.54) is 5.56 Å². The number of Topliss-reactive ketones (excluding diaryl/α,β-unsaturated/α-hetero) is 1. The van der Waals surface area contributed by atoms with E-state index in [0.717, 1.165) is 17.8 Å². The smallest absolute Gasteiger partial charge is 0.162 e. The van der Waals surface area contributed by atoms with Gasteiger partial charge in [-0.1, -0.05) is 29.8 Å². The highest BCUT2D eigenvalue weighted by molar-refractivity contribution is 5.88. The first-order chi connectivity index (χ1) is 11.6. The molecular formula is C20H23NO3. The van der Waals surface area contributed by atoms with Crippen molar-refractivity contribution in [1.82, 2.24) is 0 Å². The number of benzene rings is 2. The van der Waals surface area contributed by atoms with Gasteiger partial charge in [0.25, 0.3) is 0 Å². The topological polar surface area (TPSA) is 38.8 Å². The predicted molar refractivity (Wildman–Crippen MR) is 95.3 cm³/mol. The molecule has 4 nitrogen and oxygen atoms in total. The molecule has 1 aliphatic rings. The van der Waals surface area contributed by atoms with Crippen LogP contribution < -0.4 is 14.4 Å². The van der Waals surface area contributed by atoms with E-state index in [9.17, 15) is 4.79 Å². The van der Waals surface area contributed by atoms with E-state index in [4.69, 9.17) is 9.47 Å². The van der Waals surface area contributed by atoms with E-state index in [2.05, 4.69) is 24.0 Å². The Balaban J connectivity index is 1.86. The van der Waals surface area contributed by atoms with E-state index < -0.39 is 0 Å². The number of anilines is 1. The molecule has 1 atom stereocenters. The minimum Gasteiger partial charge on any atom is -0.493 e. The fourth-order valence-electron chi connectivity index (χ4n) is 3.27. The molecule has 0 saturated carbocycles. The van der Waals surface area contributed by atoms with Crippen molar-refractivity contribution in [1.29, 1.82) is 0 Å². The highest BCUT2D eigenvalue weighted by Gasteiger charge is 2.29. The lowest BCUT2D eigenvalue weighted by atomic mass is 9.88. The fourth-order valence-corrected chi connectivity index (χ4v) is 3.27. The molecule has 1 aliphatic heterocycles. The van der Waals surface area contributed by atoms with Crippen LogP contribution in [0.2, 0.25) is 0 Å². The second-order valence-electron chi connectivity index (χ2n) is 6.17. The summed E-state index contributed by atoms with van der Waals surface area (Å²) in [7, 11) is 3.27. The van der Waals surface area contributed by atoms with E-state index in [1.54, 1.807) is 14.2 Å². The Labute approximate surface area is 143 Å². The minimum absolute atomic E-state index is 0.0771. The standard InChI is InChI=1S/C20H23NO3/c1-14-5-4-6-15(11-14)17-13-21(10-9-18(17)22)16-7-8-19(23-2)20(12-16)24-3/h4-8,11-12,17H,9-10,13H2,1-3H3. The van der Waals surface area contributed by atoms with Crippen molar-refractivity contribution < 1.29 is 14.3 Å². The van der Waals surface area contributed by atoms with Crippen LogP contribution in [0.3, 0.4) is 0 Å². The molecule has 0 bridgehead atoms. The zero-order valence-corrected chi connectivity index (χ0v) is 14.4. The molecule has 1 saturated heterocycles. The van der Waals surface area contributed by atoms with Crippen molar-refractivity contribution in [2.24, 2.45) is 0 Å². The zero-order chi connectivity index (χ0) is 17.1. The first kappa shape index (κ1) is 16.4. The van der Waals surface area contributed by atoms with Gasteiger partial charge in [0, 0.05) is 31.3 Å². The van der Waals surface area contributed by atoms with Crippen LogP contribution in [0.4, 0.5) is 5.69 Å². The lowest BCUT2D eigenvalue weighted by molar-refractivity contribution is -0.120. The first-order valence-electron chi connectivity index (χ1n) is 8.18. The summed E-state index contributed by atoms with van der Waals surface area (Å²) in [5.41, 5.74) is 3.34. The molecule has 4 heteroatoms. The summed E-state index contributed by atoms with van der Waals surface area (Å²) in [5.74, 6) is 1.66. The highest BCUT2D eigenvalue weighted by Crippen LogP contribution is 2.34. The molecule has 0 aliphatic carbocycles. The maximum Gasteiger partial charge on any atom is 0.162 e. The molecule has 24 heavy (non-hydrogen) atoms. The van der Waals surface area contributed by atoms with Gasteiger partial charge in [-0.2, -0.15) is 0 Å². The van der Waals surface area contributed by atoms with Gasteiger partial charge in [-0.3, -0.25) is 4.79 Å². The predicted octanol–water partition coefficient (Wildman–Crippen LogP) is 3.58. The third kappa shape index (κ3) is 3.23. The Hall–Kier alpha value is -2.49. The molecule has 2 aromatic rings. The summed E-state index contributed by atoms with van der Waals surface area (Å²) >= 11 is 0. The molecule has 1 unspecified atom stereocenters. The maximum absolute atomic E-state index is 12.4. The van der Waals surface area contributed by atoms with Crippen LogP contribution >= 0.6 is 0 Å². The number of carbonyl (C=O) groups is 1. The molecular weight excluding hydrogens is 302 g/mol. The van der Waals surface area contributed by atoms with Gasteiger partial charge in [0.05, 0.1) is 20.1 Å². The lowest BCUT2D eigenvalue weighted by Crippen LogP contribution is -2.39. The van der Waals surface area contributed by atoms with Gasteiger partial charge in [-0.15, -0.1) is 0 Å². The van der Waals surface area contributed by atoms with Crippen molar-refractivity contribution in [3.63, 3.8) is 0 Å². The van der Waals surface area contributed by atoms with Crippen LogP contribution in [-0.2, 0) is 4.79 Å². The monoisotopic (exact) mass is 325 g/mol. The van der Waals surface area contributed by atoms with Gasteiger partial charge in [0.2, 0.25) is 0 Å². The number of hydrogen-bond donors (Lipinski definition) is 0. The highest BCUT2D eigenvalue weighted by atomic mass is 16.5. The van der Waals surface area contributed by atoms with Crippen LogP contribution in [0.25, 0.3) is 0 Å². The summed E-state index contributed by atoms with van der Waals surface area (Å²) in [6, 6.07) is 14.1. The Morgan fingerprint density at radius 1 is 1.04 bits per heavy atom. The van der Waals surface area contributed by atoms with E-state index in [1.807, 2.05) is 30.3 Å². The van der Waals surface area contributed by atoms with Crippen molar-refractivity contribution >= 4 is 11.5 Å². The van der Waals surface area contributed by atoms with Crippen molar-refractivity contribution in [2.75, 3.05) is 32.2 Å². The number of piperidine rings is 1. The van der Waals surface area contributed by atoms with Crippen LogP contribution in [-0.4, -0.2) is 33.1 Å². The van der Waals surface area contributed by atoms with Gasteiger partial charge in [-0.25, -0.2) is 0 Å². The molecule has 0 radical (unpaired) electrons. The average Bonchev–Trinajstić information content (AvgIpc) is 2.61. The lowest BCUT2D eigenvalue weighted by Gasteiger charge is -2.34. The molecule has 1 heterocycles. The van der Waals surface area contributed by atoms with Gasteiger partial charge in [0.15, 0.2) is 11.5 Å². The molecule has 126 valence electrons. The first-order valence-corrected chi connectivity index (χ1v) is 8.18. The van der Waals surface area contributed by atoms with E-state index in [-0.39, 0.29) is 5.92 Å². The molecule has 0 N–H and O–H groups in total. The molecule has 2 aromatic carbocycles. The summed E-state index contributed by atoms with van der Waals surface area (Å²) in [5, 5.41) is 0. The van der Waals surface area contributed by atoms with Gasteiger partial charge < -0.3 is 14.4 Å². The minimum atomic E-state index is -0.0771. The largest absolute Gasteiger partial charge is 0.493 e. The van der Waals surface area contributed by atoms with Crippen LogP contribution in [0, 0.1) is 6.92 Å². The van der Waals surface area contributed by atoms with E-state index in [0.29, 0.717) is 30.2 Å². The summed E-state index contributed by atoms with van der Waals surface area (Å²) in [4.78, 5) is 14.7. The Kier molecular flexibility index (Phi) is 4.74. The molecule has 3 rings (SSSR count). The van der Waals surface area contributed by atoms with E-state index >= 15 is 0 Å². The number of hydrogen-bond acceptors (Lipinski definition) is 4. The normalized spacial score (nSPS) is 17.7. The summed E-state index contributed by atoms with van der Waals surface area (Å²) in [6.45, 7) is 3.48. The number of methoxy groups -OCH3 is 2. The number of ketones is 1. The third-order valence-corrected chi connectivity index (χ3v) is 4.60. The van der Waals surface area contributed by atoms with Crippen molar-refractivity contribution in [2.45, 2.75) is 19.3 Å². The number of aryl methyl sites for hydroxylation is 1. The molecule has 1 fully saturated rings. The summed E-state index contributed by atoms with van der Waals surface area (Å²) in [6.07, 6.45) is 0.562. The maximum atomic E-state index is 12.4. The molecule has 0 amide bonds. The fraction of sp³-hybridized carbons (Fsp3) is 0.350. The second-order valence-corrected chi connectivity index (χ2v) is 6.17. The van der Waals surface area contributed by atoms with Crippen molar-refractivity contribution in [3.8, 4) is 11.5 Å². The van der Waals surface area contributed by atoms with Crippen LogP contribution in [0.5, 0.6) is 11.5 Å². The Morgan fingerprint density at radius 3 is 2.54 bits per heavy atom. The number of rotatable bonds is 4. The third-order valence-electron chi connectivity index (χ3n) is 4.60. The SMILES string of the molecule is COc1ccc(N2CCC(=O)C(c3cccc(C)c3)C2)cc1OC. The number of ether oxygens (including phenoxy) is 2. The molecule has 0 aromatic heterocycles. The van der Waals surface area contributed by atoms with Gasteiger partial charge in [0.1, 0.15) is 5.78 Å². The molecule has 0 spiro atoms. The Bertz CT molecular complexity index is 741.